The smallest absolute Gasteiger partial charge is 0.143 e. The van der Waals surface area contributed by atoms with Crippen LogP contribution in [0, 0.1) is 0 Å². The van der Waals surface area contributed by atoms with Gasteiger partial charge in [-0.25, -0.2) is 0 Å². The highest BCUT2D eigenvalue weighted by Crippen LogP contribution is 2.45. The molecule has 3 heteroatoms. The van der Waals surface area contributed by atoms with E-state index in [0.717, 1.165) is 60.2 Å². The first-order valence-electron chi connectivity index (χ1n) is 25.6. The molecule has 0 amide bonds. The maximum atomic E-state index is 9.92. The third kappa shape index (κ3) is 6.12. The third-order valence-corrected chi connectivity index (χ3v) is 12.5. The van der Waals surface area contributed by atoms with E-state index in [-0.39, 0.29) is 46.7 Å². The van der Waals surface area contributed by atoms with E-state index in [9.17, 15) is 11.0 Å². The van der Waals surface area contributed by atoms with Gasteiger partial charge >= 0.3 is 0 Å². The van der Waals surface area contributed by atoms with Crippen molar-refractivity contribution in [3.05, 3.63) is 242 Å². The van der Waals surface area contributed by atoms with Gasteiger partial charge < -0.3 is 13.9 Å². The minimum atomic E-state index is -0.429. The van der Waals surface area contributed by atoms with Gasteiger partial charge in [0.05, 0.1) is 33.1 Å². The summed E-state index contributed by atoms with van der Waals surface area (Å²) in [6.07, 6.45) is 0. The van der Waals surface area contributed by atoms with Crippen LogP contribution >= 0.6 is 0 Å². The molecule has 65 heavy (non-hydrogen) atoms. The fourth-order valence-electron chi connectivity index (χ4n) is 9.50. The molecule has 0 saturated heterocycles. The molecule has 0 aliphatic heterocycles. The minimum Gasteiger partial charge on any atom is -0.455 e. The Bertz CT molecular complexity index is 4380. The molecule has 2 heterocycles. The van der Waals surface area contributed by atoms with Crippen LogP contribution in [0.1, 0.15) is 11.0 Å². The Kier molecular flexibility index (Phi) is 6.84. The molecule has 0 spiro atoms. The maximum absolute atomic E-state index is 9.92. The van der Waals surface area contributed by atoms with Crippen molar-refractivity contribution in [2.24, 2.45) is 0 Å². The van der Waals surface area contributed by atoms with Gasteiger partial charge in [-0.05, 0) is 128 Å². The summed E-state index contributed by atoms with van der Waals surface area (Å²) >= 11 is 0. The minimum absolute atomic E-state index is 0.0801. The Morgan fingerprint density at radius 1 is 0.385 bits per heavy atom. The van der Waals surface area contributed by atoms with Gasteiger partial charge in [-0.1, -0.05) is 164 Å². The Hall–Kier alpha value is -8.66. The van der Waals surface area contributed by atoms with Gasteiger partial charge in [0.1, 0.15) is 11.2 Å². The van der Waals surface area contributed by atoms with Crippen LogP contribution in [0.3, 0.4) is 0 Å². The fraction of sp³-hybridized carbons (Fsp3) is 0. The third-order valence-electron chi connectivity index (χ3n) is 12.5. The second-order valence-corrected chi connectivity index (χ2v) is 16.2. The molecule has 0 bridgehead atoms. The number of aromatic nitrogens is 1. The molecule has 13 rings (SSSR count). The van der Waals surface area contributed by atoms with E-state index in [4.69, 9.17) is 4.42 Å². The predicted octanol–water partition coefficient (Wildman–Crippen LogP) is 17.5. The summed E-state index contributed by atoms with van der Waals surface area (Å²) in [4.78, 5) is 1.38. The van der Waals surface area contributed by atoms with Crippen LogP contribution < -0.4 is 4.90 Å². The van der Waals surface area contributed by atoms with Crippen LogP contribution in [0.25, 0.3) is 104 Å². The first-order chi connectivity index (χ1) is 35.6. The van der Waals surface area contributed by atoms with Crippen LogP contribution in [0.4, 0.5) is 17.1 Å². The summed E-state index contributed by atoms with van der Waals surface area (Å²) < 4.78 is 87.3. The zero-order valence-corrected chi connectivity index (χ0v) is 34.8. The first-order valence-corrected chi connectivity index (χ1v) is 21.6. The molecule has 0 aliphatic carbocycles. The quantitative estimate of drug-likeness (QED) is 0.159. The van der Waals surface area contributed by atoms with E-state index in [2.05, 4.69) is 10.6 Å². The number of hydrogen-bond acceptors (Lipinski definition) is 2. The normalized spacial score (nSPS) is 13.4. The molecule has 0 atom stereocenters. The fourth-order valence-corrected chi connectivity index (χ4v) is 9.50. The number of fused-ring (bicyclic) bond motifs is 9. The second kappa shape index (κ2) is 15.0. The molecule has 304 valence electrons. The monoisotopic (exact) mass is 836 g/mol. The Balaban J connectivity index is 1.05. The van der Waals surface area contributed by atoms with Crippen LogP contribution in [0.2, 0.25) is 0 Å². The summed E-state index contributed by atoms with van der Waals surface area (Å²) in [5.41, 5.74) is 6.62. The average molecular weight is 837 g/mol. The maximum Gasteiger partial charge on any atom is 0.143 e. The van der Waals surface area contributed by atoms with Gasteiger partial charge in [-0.2, -0.15) is 0 Å². The number of furan rings is 1. The van der Waals surface area contributed by atoms with Crippen LogP contribution in [0.5, 0.6) is 0 Å². The molecule has 0 unspecified atom stereocenters. The van der Waals surface area contributed by atoms with Crippen molar-refractivity contribution >= 4 is 82.4 Å². The Morgan fingerprint density at radius 2 is 0.985 bits per heavy atom. The van der Waals surface area contributed by atoms with Crippen molar-refractivity contribution in [3.8, 4) is 39.1 Å². The van der Waals surface area contributed by atoms with Gasteiger partial charge in [0.25, 0.3) is 0 Å². The summed E-state index contributed by atoms with van der Waals surface area (Å²) in [7, 11) is 0. The molecule has 11 aromatic carbocycles. The number of nitrogens with zero attached hydrogens (tertiary/aromatic N) is 2. The Morgan fingerprint density at radius 3 is 1.77 bits per heavy atom. The van der Waals surface area contributed by atoms with Gasteiger partial charge in [0.15, 0.2) is 0 Å². The summed E-state index contributed by atoms with van der Waals surface area (Å²) in [5.74, 6) is 0. The van der Waals surface area contributed by atoms with Crippen molar-refractivity contribution < 1.29 is 15.4 Å². The van der Waals surface area contributed by atoms with Crippen molar-refractivity contribution in [3.63, 3.8) is 0 Å². The highest BCUT2D eigenvalue weighted by molar-refractivity contribution is 6.19. The lowest BCUT2D eigenvalue weighted by Crippen LogP contribution is -2.10. The molecule has 3 nitrogen and oxygen atoms in total. The largest absolute Gasteiger partial charge is 0.455 e. The van der Waals surface area contributed by atoms with Gasteiger partial charge in [-0.15, -0.1) is 0 Å². The van der Waals surface area contributed by atoms with E-state index < -0.39 is 24.2 Å². The van der Waals surface area contributed by atoms with E-state index >= 15 is 0 Å². The molecule has 0 radical (unpaired) electrons. The van der Waals surface area contributed by atoms with Crippen molar-refractivity contribution in [1.82, 2.24) is 4.57 Å². The molecule has 0 N–H and O–H groups in total. The van der Waals surface area contributed by atoms with Crippen molar-refractivity contribution in [2.75, 3.05) is 4.90 Å². The number of hydrogen-bond donors (Lipinski definition) is 0. The molecule has 13 aromatic rings. The number of para-hydroxylation sites is 2. The Labute approximate surface area is 387 Å². The molecule has 0 saturated carbocycles. The van der Waals surface area contributed by atoms with Gasteiger partial charge in [0.2, 0.25) is 0 Å². The van der Waals surface area contributed by atoms with Crippen LogP contribution in [0.15, 0.2) is 247 Å². The lowest BCUT2D eigenvalue weighted by atomic mass is 9.95. The number of benzene rings is 11. The van der Waals surface area contributed by atoms with Crippen LogP contribution in [-0.4, -0.2) is 4.57 Å². The lowest BCUT2D eigenvalue weighted by molar-refractivity contribution is 0.672. The SMILES string of the molecule is [2H]c1c([2H])c(N(c2c([2H])c([2H])c(-c3ccc4c(c3)c3ccccc3n4-c3ccccc3)c([2H])c2[2H])c2cccc3oc4c5ccccc5ccc4c23)c([2H])c([2H])c1-c1cccc(-c2cccc3ccccc23)c1. The average Bonchev–Trinajstić information content (AvgIpc) is 3.98. The molecular weight excluding hydrogens is 789 g/mol. The van der Waals surface area contributed by atoms with E-state index in [1.807, 2.05) is 164 Å². The summed E-state index contributed by atoms with van der Waals surface area (Å²) in [5, 5.41) is 6.94. The highest BCUT2D eigenvalue weighted by atomic mass is 16.3. The highest BCUT2D eigenvalue weighted by Gasteiger charge is 2.21. The zero-order valence-electron chi connectivity index (χ0n) is 42.8. The van der Waals surface area contributed by atoms with E-state index in [0.29, 0.717) is 38.8 Å². The van der Waals surface area contributed by atoms with Gasteiger partial charge in [-0.3, -0.25) is 0 Å². The molecule has 0 fully saturated rings. The molecule has 0 aliphatic rings. The number of rotatable bonds is 7. The number of anilines is 3. The standard InChI is InChI=1S/C62H40N2O/c1-2-18-48(19-3-1)64-57-24-9-8-22-54(57)56-40-46(32-38-58(56)64)42-29-35-50(36-30-42)63(59-25-12-26-60-61(59)55-37-31-44-14-5-7-21-53(44)62(55)65-60)49-33-27-41(28-34-49)45-16-10-17-47(39-45)52-23-11-15-43-13-4-6-20-51(43)52/h1-40H/i27D,28D,29D,30D,33D,34D,35D,36D. The topological polar surface area (TPSA) is 21.3 Å². The van der Waals surface area contributed by atoms with E-state index in [1.54, 1.807) is 24.3 Å². The first kappa shape index (κ1) is 29.6. The molecule has 2 aromatic heterocycles. The van der Waals surface area contributed by atoms with Crippen molar-refractivity contribution in [2.45, 2.75) is 0 Å². The van der Waals surface area contributed by atoms with Crippen molar-refractivity contribution in [1.29, 1.82) is 0 Å². The van der Waals surface area contributed by atoms with Crippen LogP contribution in [-0.2, 0) is 0 Å². The predicted molar refractivity (Wildman–Crippen MR) is 274 cm³/mol. The lowest BCUT2D eigenvalue weighted by Gasteiger charge is -2.26. The molecular formula is C62H40N2O. The second-order valence-electron chi connectivity index (χ2n) is 16.2. The zero-order chi connectivity index (χ0) is 49.8. The summed E-state index contributed by atoms with van der Waals surface area (Å²) in [6.45, 7) is 0. The summed E-state index contributed by atoms with van der Waals surface area (Å²) in [6, 6.07) is 59.3. The van der Waals surface area contributed by atoms with Gasteiger partial charge in [0, 0.05) is 38.6 Å². The van der Waals surface area contributed by atoms with E-state index in [1.165, 1.54) is 4.90 Å².